The molecule has 47 valence electrons. The van der Waals surface area contributed by atoms with Crippen molar-refractivity contribution >= 4 is 41.1 Å². The van der Waals surface area contributed by atoms with E-state index < -0.39 is 0 Å². The van der Waals surface area contributed by atoms with Gasteiger partial charge >= 0.3 is 0 Å². The van der Waals surface area contributed by atoms with E-state index in [1.165, 1.54) is 0 Å². The third-order valence-electron chi connectivity index (χ3n) is 0.535. The number of hydrogen-bond donors (Lipinski definition) is 0. The van der Waals surface area contributed by atoms with Crippen LogP contribution in [0.25, 0.3) is 0 Å². The molecule has 1 radical (unpaired) electrons. The molecule has 0 atom stereocenters. The van der Waals surface area contributed by atoms with Crippen LogP contribution in [-0.4, -0.2) is 21.2 Å². The van der Waals surface area contributed by atoms with Crippen molar-refractivity contribution in [2.45, 2.75) is 0 Å². The summed E-state index contributed by atoms with van der Waals surface area (Å²) in [5.74, 6) is 0. The molecule has 0 fully saturated rings. The lowest BCUT2D eigenvalue weighted by Gasteiger charge is -2.13. The molecule has 4 heteroatoms. The first-order valence-corrected chi connectivity index (χ1v) is 4.73. The number of thiocarbonyl (C=S) groups is 1. The normalized spacial score (nSPS) is 8.88. The van der Waals surface area contributed by atoms with E-state index in [0.29, 0.717) is 4.99 Å². The molecule has 1 nitrogen and oxygen atoms in total. The zero-order valence-corrected chi connectivity index (χ0v) is 7.33. The fourth-order valence-electron chi connectivity index (χ4n) is 0.278. The van der Waals surface area contributed by atoms with Crippen LogP contribution in [0, 0.1) is 6.92 Å². The molecule has 8 heavy (non-hydrogen) atoms. The Morgan fingerprint density at radius 3 is 1.88 bits per heavy atom. The first kappa shape index (κ1) is 8.59. The maximum atomic E-state index is 4.79. The van der Waals surface area contributed by atoms with Gasteiger partial charge in [-0.15, -0.1) is 0 Å². The Labute approximate surface area is 64.5 Å². The van der Waals surface area contributed by atoms with Crippen LogP contribution in [0.3, 0.4) is 0 Å². The molecule has 0 N–H and O–H groups in total. The minimum atomic E-state index is 0.671. The Morgan fingerprint density at radius 2 is 1.88 bits per heavy atom. The van der Waals surface area contributed by atoms with Crippen LogP contribution in [-0.2, 0) is 0 Å². The SMILES string of the molecule is [CH2]C(=S)N(SC)SC. The quantitative estimate of drug-likeness (QED) is 0.456. The fourth-order valence-corrected chi connectivity index (χ4v) is 1.73. The third-order valence-corrected chi connectivity index (χ3v) is 2.95. The molecule has 0 aromatic carbocycles. The van der Waals surface area contributed by atoms with Gasteiger partial charge in [0, 0.05) is 19.4 Å². The minimum absolute atomic E-state index is 0.671. The molecule has 0 aromatic rings. The van der Waals surface area contributed by atoms with Crippen LogP contribution in [0.4, 0.5) is 0 Å². The highest BCUT2D eigenvalue weighted by atomic mass is 32.2. The molecule has 0 unspecified atom stereocenters. The molecule has 0 aliphatic rings. The summed E-state index contributed by atoms with van der Waals surface area (Å²) in [5.41, 5.74) is 0. The summed E-state index contributed by atoms with van der Waals surface area (Å²) in [6, 6.07) is 0. The monoisotopic (exact) mass is 166 g/mol. The molecular formula is C4H8NS3. The molecule has 0 spiro atoms. The summed E-state index contributed by atoms with van der Waals surface area (Å²) < 4.78 is 1.87. The van der Waals surface area contributed by atoms with Gasteiger partial charge in [-0.25, -0.2) is 0 Å². The van der Waals surface area contributed by atoms with E-state index in [9.17, 15) is 0 Å². The van der Waals surface area contributed by atoms with Gasteiger partial charge < -0.3 is 0 Å². The van der Waals surface area contributed by atoms with Crippen LogP contribution < -0.4 is 0 Å². The summed E-state index contributed by atoms with van der Waals surface area (Å²) in [5, 5.41) is 0. The highest BCUT2D eigenvalue weighted by Gasteiger charge is 1.98. The van der Waals surface area contributed by atoms with E-state index in [0.717, 1.165) is 0 Å². The summed E-state index contributed by atoms with van der Waals surface area (Å²) in [6.45, 7) is 3.60. The maximum absolute atomic E-state index is 4.79. The van der Waals surface area contributed by atoms with Gasteiger partial charge in [0.05, 0.1) is 4.99 Å². The van der Waals surface area contributed by atoms with Crippen LogP contribution in [0.15, 0.2) is 0 Å². The second-order valence-corrected chi connectivity index (χ2v) is 3.18. The Kier molecular flexibility index (Phi) is 4.80. The van der Waals surface area contributed by atoms with Crippen molar-refractivity contribution < 1.29 is 0 Å². The van der Waals surface area contributed by atoms with Crippen LogP contribution >= 0.6 is 36.1 Å². The van der Waals surface area contributed by atoms with Gasteiger partial charge in [0.25, 0.3) is 0 Å². The topological polar surface area (TPSA) is 3.24 Å². The van der Waals surface area contributed by atoms with Crippen molar-refractivity contribution in [2.24, 2.45) is 0 Å². The molecule has 0 heterocycles. The van der Waals surface area contributed by atoms with Gasteiger partial charge in [0.2, 0.25) is 0 Å². The molecule has 0 aromatic heterocycles. The van der Waals surface area contributed by atoms with E-state index in [1.807, 2.05) is 16.2 Å². The summed E-state index contributed by atoms with van der Waals surface area (Å²) in [4.78, 5) is 0.671. The van der Waals surface area contributed by atoms with E-state index in [4.69, 9.17) is 12.2 Å². The Bertz CT molecular complexity index is 79.4. The predicted octanol–water partition coefficient (Wildman–Crippen LogP) is 2.01. The molecular weight excluding hydrogens is 158 g/mol. The number of hydrogen-bond acceptors (Lipinski definition) is 3. The Balaban J connectivity index is 3.52. The van der Waals surface area contributed by atoms with Crippen molar-refractivity contribution in [1.29, 1.82) is 0 Å². The van der Waals surface area contributed by atoms with Crippen LogP contribution in [0.5, 0.6) is 0 Å². The van der Waals surface area contributed by atoms with Gasteiger partial charge in [-0.2, -0.15) is 0 Å². The summed E-state index contributed by atoms with van der Waals surface area (Å²) >= 11 is 7.93. The summed E-state index contributed by atoms with van der Waals surface area (Å²) in [6.07, 6.45) is 3.93. The van der Waals surface area contributed by atoms with Crippen molar-refractivity contribution in [2.75, 3.05) is 12.5 Å². The average molecular weight is 166 g/mol. The molecule has 0 aliphatic carbocycles. The predicted molar refractivity (Wildman–Crippen MR) is 46.8 cm³/mol. The lowest BCUT2D eigenvalue weighted by molar-refractivity contribution is 1.19. The zero-order valence-electron chi connectivity index (χ0n) is 4.88. The third kappa shape index (κ3) is 2.79. The Morgan fingerprint density at radius 1 is 1.50 bits per heavy atom. The van der Waals surface area contributed by atoms with Crippen molar-refractivity contribution in [3.63, 3.8) is 0 Å². The Hall–Kier alpha value is 0.590. The smallest absolute Gasteiger partial charge is 0.0998 e. The molecule has 0 amide bonds. The lowest BCUT2D eigenvalue weighted by atomic mass is 10.8. The van der Waals surface area contributed by atoms with Gasteiger partial charge in [-0.3, -0.25) is 3.71 Å². The largest absolute Gasteiger partial charge is 0.252 e. The highest BCUT2D eigenvalue weighted by molar-refractivity contribution is 8.13. The maximum Gasteiger partial charge on any atom is 0.0998 e. The summed E-state index contributed by atoms with van der Waals surface area (Å²) in [7, 11) is 0. The molecule has 0 saturated heterocycles. The van der Waals surface area contributed by atoms with Crippen molar-refractivity contribution in [3.05, 3.63) is 6.92 Å². The van der Waals surface area contributed by atoms with Crippen LogP contribution in [0.2, 0.25) is 0 Å². The van der Waals surface area contributed by atoms with Crippen molar-refractivity contribution in [1.82, 2.24) is 3.71 Å². The van der Waals surface area contributed by atoms with Gasteiger partial charge in [0.1, 0.15) is 0 Å². The lowest BCUT2D eigenvalue weighted by Crippen LogP contribution is -2.08. The first-order chi connectivity index (χ1) is 3.72. The molecule has 0 bridgehead atoms. The number of rotatable bonds is 2. The van der Waals surface area contributed by atoms with Gasteiger partial charge in [0.15, 0.2) is 0 Å². The van der Waals surface area contributed by atoms with Crippen molar-refractivity contribution in [3.8, 4) is 0 Å². The molecule has 0 saturated carbocycles. The molecule has 0 aliphatic heterocycles. The first-order valence-electron chi connectivity index (χ1n) is 1.96. The van der Waals surface area contributed by atoms with E-state index in [-0.39, 0.29) is 0 Å². The van der Waals surface area contributed by atoms with Gasteiger partial charge in [-0.05, 0) is 23.9 Å². The highest BCUT2D eigenvalue weighted by Crippen LogP contribution is 2.16. The zero-order chi connectivity index (χ0) is 6.57. The van der Waals surface area contributed by atoms with E-state index >= 15 is 0 Å². The molecule has 0 rings (SSSR count). The second kappa shape index (κ2) is 4.47. The number of nitrogens with zero attached hydrogens (tertiary/aromatic N) is 1. The van der Waals surface area contributed by atoms with Crippen LogP contribution in [0.1, 0.15) is 0 Å². The minimum Gasteiger partial charge on any atom is -0.252 e. The second-order valence-electron chi connectivity index (χ2n) is 1.02. The van der Waals surface area contributed by atoms with Gasteiger partial charge in [-0.1, -0.05) is 12.2 Å². The standard InChI is InChI=1S/C4H8NS3/c1-4(6)5(7-2)8-3/h1H2,2-3H3. The van der Waals surface area contributed by atoms with E-state index in [2.05, 4.69) is 6.92 Å². The fraction of sp³-hybridized carbons (Fsp3) is 0.500. The average Bonchev–Trinajstić information content (AvgIpc) is 1.69. The van der Waals surface area contributed by atoms with E-state index in [1.54, 1.807) is 23.9 Å².